The monoisotopic (exact) mass is 646 g/mol. The Kier molecular flexibility index (Phi) is 9.36. The van der Waals surface area contributed by atoms with E-state index in [1.807, 2.05) is 0 Å². The van der Waals surface area contributed by atoms with Crippen LogP contribution < -0.4 is 5.32 Å². The normalized spacial score (nSPS) is 35.5. The minimum absolute atomic E-state index is 0.0631. The quantitative estimate of drug-likeness (QED) is 0.158. The van der Waals surface area contributed by atoms with Crippen LogP contribution in [0.15, 0.2) is 48.1 Å². The summed E-state index contributed by atoms with van der Waals surface area (Å²) in [5.74, 6) is -4.99. The zero-order valence-electron chi connectivity index (χ0n) is 25.5. The lowest BCUT2D eigenvalue weighted by Crippen LogP contribution is -2.66. The lowest BCUT2D eigenvalue weighted by molar-refractivity contribution is -0.497. The maximum absolute atomic E-state index is 17.2. The number of amides is 1. The average molecular weight is 647 g/mol. The minimum Gasteiger partial charge on any atom is -0.456 e. The van der Waals surface area contributed by atoms with Crippen molar-refractivity contribution in [2.24, 2.45) is 28.6 Å². The summed E-state index contributed by atoms with van der Waals surface area (Å²) in [5, 5.41) is 51.6. The van der Waals surface area contributed by atoms with Crippen molar-refractivity contribution in [1.29, 1.82) is 0 Å². The molecule has 9 atom stereocenters. The number of nitrogens with zero attached hydrogens (tertiary/aromatic N) is 1. The van der Waals surface area contributed by atoms with Gasteiger partial charge in [-0.25, -0.2) is 14.0 Å². The van der Waals surface area contributed by atoms with Gasteiger partial charge in [0.05, 0.1) is 36.7 Å². The van der Waals surface area contributed by atoms with Crippen LogP contribution in [0.2, 0.25) is 0 Å². The number of alkyl halides is 1. The van der Waals surface area contributed by atoms with Gasteiger partial charge in [0.1, 0.15) is 6.61 Å². The SMILES string of the molecule is C[C@]12C[C@H](O)C3(F)[C@@H](CCC4=CC(=O)C=C[C@@]43C)C1CC(O)C2C(=O)COC(=O)C(CO)NC(=O)c1cccc(CON(O)O)c1. The van der Waals surface area contributed by atoms with Crippen molar-refractivity contribution in [3.63, 3.8) is 0 Å². The van der Waals surface area contributed by atoms with Gasteiger partial charge < -0.3 is 25.4 Å². The fraction of sp³-hybridized carbons (Fsp3) is 0.562. The van der Waals surface area contributed by atoms with Gasteiger partial charge in [0.2, 0.25) is 0 Å². The van der Waals surface area contributed by atoms with Crippen molar-refractivity contribution in [3.05, 3.63) is 59.2 Å². The van der Waals surface area contributed by atoms with E-state index < -0.39 is 88.8 Å². The second-order valence-electron chi connectivity index (χ2n) is 13.1. The molecule has 0 radical (unpaired) electrons. The van der Waals surface area contributed by atoms with E-state index >= 15 is 4.39 Å². The van der Waals surface area contributed by atoms with Gasteiger partial charge in [0, 0.05) is 16.9 Å². The molecule has 3 saturated carbocycles. The second kappa shape index (κ2) is 12.7. The number of halogens is 1. The molecule has 0 aliphatic heterocycles. The van der Waals surface area contributed by atoms with Gasteiger partial charge in [-0.2, -0.15) is 0 Å². The molecule has 13 nitrogen and oxygen atoms in total. The fourth-order valence-electron chi connectivity index (χ4n) is 8.50. The Labute approximate surface area is 264 Å². The van der Waals surface area contributed by atoms with E-state index in [-0.39, 0.29) is 30.8 Å². The Bertz CT molecular complexity index is 1460. The number of carbonyl (C=O) groups is 4. The number of hydrogen-bond donors (Lipinski definition) is 6. The third-order valence-electron chi connectivity index (χ3n) is 10.7. The van der Waals surface area contributed by atoms with Crippen LogP contribution in [-0.4, -0.2) is 91.7 Å². The number of carbonyl (C=O) groups excluding carboxylic acids is 4. The lowest BCUT2D eigenvalue weighted by atomic mass is 9.45. The highest BCUT2D eigenvalue weighted by atomic mass is 19.1. The Morgan fingerprint density at radius 3 is 2.61 bits per heavy atom. The topological polar surface area (TPSA) is 203 Å². The molecule has 1 amide bonds. The summed E-state index contributed by atoms with van der Waals surface area (Å²) in [5.41, 5.74) is -3.29. The Morgan fingerprint density at radius 2 is 1.91 bits per heavy atom. The molecular formula is C32H39FN2O11. The minimum atomic E-state index is -2.13. The maximum atomic E-state index is 17.2. The van der Waals surface area contributed by atoms with Crippen LogP contribution in [0.5, 0.6) is 0 Å². The third-order valence-corrected chi connectivity index (χ3v) is 10.7. The first-order valence-corrected chi connectivity index (χ1v) is 15.2. The summed E-state index contributed by atoms with van der Waals surface area (Å²) in [4.78, 5) is 55.6. The van der Waals surface area contributed by atoms with Gasteiger partial charge in [-0.15, -0.1) is 0 Å². The number of nitrogens with one attached hydrogen (secondary N) is 1. The van der Waals surface area contributed by atoms with E-state index in [0.29, 0.717) is 24.0 Å². The number of aliphatic hydroxyl groups excluding tert-OH is 3. The molecule has 3 fully saturated rings. The molecule has 0 heterocycles. The summed E-state index contributed by atoms with van der Waals surface area (Å²) in [7, 11) is 0. The van der Waals surface area contributed by atoms with Crippen LogP contribution in [0.1, 0.15) is 55.5 Å². The number of hydrogen-bond acceptors (Lipinski definition) is 12. The van der Waals surface area contributed by atoms with E-state index in [1.54, 1.807) is 19.9 Å². The highest BCUT2D eigenvalue weighted by molar-refractivity contribution is 6.01. The van der Waals surface area contributed by atoms with Crippen molar-refractivity contribution in [2.45, 2.75) is 70.1 Å². The molecule has 0 bridgehead atoms. The van der Waals surface area contributed by atoms with Gasteiger partial charge >= 0.3 is 5.97 Å². The van der Waals surface area contributed by atoms with E-state index in [1.165, 1.54) is 36.4 Å². The second-order valence-corrected chi connectivity index (χ2v) is 13.1. The number of benzene rings is 1. The fourth-order valence-corrected chi connectivity index (χ4v) is 8.50. The van der Waals surface area contributed by atoms with Crippen molar-refractivity contribution in [3.8, 4) is 0 Å². The Morgan fingerprint density at radius 1 is 1.17 bits per heavy atom. The molecule has 46 heavy (non-hydrogen) atoms. The summed E-state index contributed by atoms with van der Waals surface area (Å²) in [6.45, 7) is 1.50. The summed E-state index contributed by atoms with van der Waals surface area (Å²) in [6, 6.07) is 4.27. The highest BCUT2D eigenvalue weighted by Gasteiger charge is 2.72. The predicted octanol–water partition coefficient (Wildman–Crippen LogP) is 1.36. The van der Waals surface area contributed by atoms with Crippen molar-refractivity contribution in [1.82, 2.24) is 10.7 Å². The van der Waals surface area contributed by atoms with Gasteiger partial charge in [-0.1, -0.05) is 30.7 Å². The maximum Gasteiger partial charge on any atom is 0.331 e. The molecule has 6 N–H and O–H groups in total. The van der Waals surface area contributed by atoms with E-state index in [2.05, 4.69) is 10.2 Å². The van der Waals surface area contributed by atoms with Gasteiger partial charge in [0.15, 0.2) is 23.3 Å². The summed E-state index contributed by atoms with van der Waals surface area (Å²) in [6.07, 6.45) is 2.32. The number of ether oxygens (including phenoxy) is 1. The first-order valence-electron chi connectivity index (χ1n) is 15.2. The lowest BCUT2D eigenvalue weighted by Gasteiger charge is -2.61. The first-order chi connectivity index (χ1) is 21.6. The average Bonchev–Trinajstić information content (AvgIpc) is 3.27. The smallest absolute Gasteiger partial charge is 0.331 e. The molecule has 5 unspecified atom stereocenters. The molecule has 1 aromatic carbocycles. The zero-order chi connectivity index (χ0) is 33.6. The van der Waals surface area contributed by atoms with Crippen LogP contribution >= 0.6 is 0 Å². The standard InChI is InChI=1S/C32H39FN2O11/c1-30-13-26(40)32(33)21(7-6-19-11-20(37)8-9-31(19,32)2)22(30)12-24(38)27(30)25(39)16-45-29(42)23(14-36)34-28(41)18-5-3-4-17(10-18)15-46-35(43)44/h3-5,8-11,21-24,26-27,36,38,40,43-44H,6-7,12-16H2,1-2H3,(H,34,41)/t21-,22?,23?,24?,26-,27?,30-,31-,32?/m0/s1. The van der Waals surface area contributed by atoms with Crippen LogP contribution in [0.3, 0.4) is 0 Å². The number of ketones is 2. The van der Waals surface area contributed by atoms with Crippen molar-refractivity contribution >= 4 is 23.4 Å². The molecule has 250 valence electrons. The largest absolute Gasteiger partial charge is 0.456 e. The number of esters is 1. The number of Topliss-reactive ketones (excluding diaryl/α,β-unsaturated/α-hetero) is 1. The van der Waals surface area contributed by atoms with Gasteiger partial charge in [0.25, 0.3) is 5.91 Å². The Balaban J connectivity index is 1.25. The number of allylic oxidation sites excluding steroid dienone is 4. The number of rotatable bonds is 10. The molecule has 1 aromatic rings. The zero-order valence-corrected chi connectivity index (χ0v) is 25.5. The van der Waals surface area contributed by atoms with Crippen LogP contribution in [0, 0.1) is 28.6 Å². The molecule has 0 saturated heterocycles. The molecule has 4 aliphatic rings. The van der Waals surface area contributed by atoms with Crippen LogP contribution in [0.4, 0.5) is 4.39 Å². The Hall–Kier alpha value is -3.37. The van der Waals surface area contributed by atoms with Crippen molar-refractivity contribution < 1.29 is 58.9 Å². The van der Waals surface area contributed by atoms with Gasteiger partial charge in [-0.3, -0.25) is 24.8 Å². The highest BCUT2D eigenvalue weighted by Crippen LogP contribution is 2.68. The van der Waals surface area contributed by atoms with Crippen LogP contribution in [-0.2, 0) is 30.6 Å². The summed E-state index contributed by atoms with van der Waals surface area (Å²) >= 11 is 0. The molecule has 14 heteroatoms. The molecule has 0 spiro atoms. The first kappa shape index (κ1) is 34.0. The predicted molar refractivity (Wildman–Crippen MR) is 154 cm³/mol. The van der Waals surface area contributed by atoms with Crippen LogP contribution in [0.25, 0.3) is 0 Å². The number of fused-ring (bicyclic) bond motifs is 5. The van der Waals surface area contributed by atoms with Crippen molar-refractivity contribution in [2.75, 3.05) is 13.2 Å². The van der Waals surface area contributed by atoms with E-state index in [0.717, 1.165) is 0 Å². The molecule has 4 aliphatic carbocycles. The van der Waals surface area contributed by atoms with Gasteiger partial charge in [-0.05, 0) is 73.8 Å². The van der Waals surface area contributed by atoms with E-state index in [9.17, 15) is 34.5 Å². The molecule has 5 rings (SSSR count). The van der Waals surface area contributed by atoms with E-state index in [4.69, 9.17) is 15.2 Å². The summed E-state index contributed by atoms with van der Waals surface area (Å²) < 4.78 is 22.4. The number of aliphatic hydroxyl groups is 3. The molecular weight excluding hydrogens is 607 g/mol. The third kappa shape index (κ3) is 5.72. The molecule has 0 aromatic heterocycles.